The van der Waals surface area contributed by atoms with Crippen molar-refractivity contribution in [3.05, 3.63) is 133 Å². The van der Waals surface area contributed by atoms with Gasteiger partial charge in [-0.1, -0.05) is 118 Å². The highest BCUT2D eigenvalue weighted by atomic mass is 16.7. The second-order valence-corrected chi connectivity index (χ2v) is 28.3. The van der Waals surface area contributed by atoms with Gasteiger partial charge in [0.25, 0.3) is 11.8 Å². The molecule has 5 aromatic rings. The predicted molar refractivity (Wildman–Crippen MR) is 420 cm³/mol. The van der Waals surface area contributed by atoms with E-state index in [1.165, 1.54) is 11.3 Å². The summed E-state index contributed by atoms with van der Waals surface area (Å²) in [6.07, 6.45) is 7.89. The largest absolute Gasteiger partial charge is 0.490 e. The van der Waals surface area contributed by atoms with Gasteiger partial charge in [-0.15, -0.1) is 0 Å². The molecule has 104 heavy (non-hydrogen) atoms. The highest BCUT2D eigenvalue weighted by Gasteiger charge is 2.37. The summed E-state index contributed by atoms with van der Waals surface area (Å²) in [7, 11) is 0. The van der Waals surface area contributed by atoms with Crippen LogP contribution in [0.1, 0.15) is 128 Å². The Morgan fingerprint density at radius 3 is 1.32 bits per heavy atom. The zero-order valence-corrected chi connectivity index (χ0v) is 59.6. The van der Waals surface area contributed by atoms with Gasteiger partial charge in [0.1, 0.15) is 58.8 Å². The lowest BCUT2D eigenvalue weighted by Crippen LogP contribution is -2.49. The summed E-state index contributed by atoms with van der Waals surface area (Å²) in [6, 6.07) is 42.8. The van der Waals surface area contributed by atoms with Crippen LogP contribution in [0.4, 0.5) is 22.7 Å². The number of amides is 3. The quantitative estimate of drug-likeness (QED) is 0.0676. The predicted octanol–water partition coefficient (Wildman–Crippen LogP) is 12.4. The number of piperazine rings is 3. The summed E-state index contributed by atoms with van der Waals surface area (Å²) < 4.78 is 24.1. The molecule has 0 N–H and O–H groups in total. The number of ether oxygens (including phenoxy) is 4. The summed E-state index contributed by atoms with van der Waals surface area (Å²) in [4.78, 5) is 75.3. The van der Waals surface area contributed by atoms with Crippen molar-refractivity contribution < 1.29 is 47.8 Å². The maximum atomic E-state index is 13.1. The van der Waals surface area contributed by atoms with Crippen LogP contribution >= 0.6 is 0 Å². The van der Waals surface area contributed by atoms with E-state index in [1.54, 1.807) is 0 Å². The molecule has 0 bridgehead atoms. The van der Waals surface area contributed by atoms with Crippen LogP contribution in [0, 0.1) is 0 Å². The van der Waals surface area contributed by atoms with E-state index < -0.39 is 0 Å². The smallest absolute Gasteiger partial charge is 0.276 e. The number of benzene rings is 5. The number of para-hydroxylation sites is 8. The third-order valence-corrected chi connectivity index (χ3v) is 19.7. The minimum atomic E-state index is -0.0685. The van der Waals surface area contributed by atoms with Crippen LogP contribution in [0.3, 0.4) is 0 Å². The highest BCUT2D eigenvalue weighted by molar-refractivity contribution is 6.44. The number of hydrogen-bond acceptors (Lipinski definition) is 19. The molecule has 0 saturated carbocycles. The number of nitrogens with zero attached hydrogens (tertiary/aromatic N) is 12. The Morgan fingerprint density at radius 2 is 0.856 bits per heavy atom. The van der Waals surface area contributed by atoms with E-state index in [1.807, 2.05) is 93.6 Å². The number of oxime groups is 3. The van der Waals surface area contributed by atoms with E-state index in [2.05, 4.69) is 135 Å². The number of fused-ring (bicyclic) bond motifs is 1. The first-order valence-corrected chi connectivity index (χ1v) is 36.8. The molecule has 5 aromatic carbocycles. The molecular formula is C82H120N12O10. The molecule has 9 heterocycles. The number of rotatable bonds is 21. The molecule has 22 nitrogen and oxygen atoms in total. The first-order valence-electron chi connectivity index (χ1n) is 36.8. The van der Waals surface area contributed by atoms with Gasteiger partial charge < -0.3 is 62.9 Å². The van der Waals surface area contributed by atoms with Crippen LogP contribution in [0.25, 0.3) is 0 Å². The van der Waals surface area contributed by atoms with Crippen LogP contribution in [0.2, 0.25) is 0 Å². The lowest BCUT2D eigenvalue weighted by molar-refractivity contribution is -0.132. The number of likely N-dealkylation sites (tertiary alicyclic amines) is 2. The maximum absolute atomic E-state index is 13.1. The molecule has 5 saturated heterocycles. The third kappa shape index (κ3) is 22.0. The summed E-state index contributed by atoms with van der Waals surface area (Å²) in [6.45, 7) is 29.8. The summed E-state index contributed by atoms with van der Waals surface area (Å²) in [5, 5.41) is 12.6. The van der Waals surface area contributed by atoms with Crippen molar-refractivity contribution in [3.63, 3.8) is 0 Å². The van der Waals surface area contributed by atoms with E-state index in [4.69, 9.17) is 33.5 Å². The first kappa shape index (κ1) is 81.1. The molecule has 0 spiro atoms. The SMILES string of the molecule is C.C.C.C.CC(C)Oc1ccccc1N1CCN(C[C@@H]2CC(C(=O)N3CCC(Oc4ccccc4)CC3)=NO2)CC1.CC(C)Oc1ccccc1N1CCN(C[C@H]2CC(C(=O)N3CCc4ccccc43)=NO2)CC1.CC(C)Oc1ccccc1N1CCN(C[C@H]2CC(CN3CCCCC3=O)=NO2)CC1. The van der Waals surface area contributed by atoms with Gasteiger partial charge in [0.15, 0.2) is 0 Å². The van der Waals surface area contributed by atoms with Crippen LogP contribution in [-0.2, 0) is 35.3 Å². The van der Waals surface area contributed by atoms with E-state index in [0.29, 0.717) is 56.9 Å². The summed E-state index contributed by atoms with van der Waals surface area (Å²) >= 11 is 0. The van der Waals surface area contributed by atoms with Gasteiger partial charge in [0, 0.05) is 169 Å². The molecule has 9 aliphatic rings. The Bertz CT molecular complexity index is 3580. The van der Waals surface area contributed by atoms with Gasteiger partial charge in [-0.25, -0.2) is 0 Å². The van der Waals surface area contributed by atoms with E-state index in [9.17, 15) is 14.4 Å². The average Bonchev–Trinajstić information content (AvgIpc) is 1.68. The molecule has 22 heteroatoms. The highest BCUT2D eigenvalue weighted by Crippen LogP contribution is 2.35. The molecule has 9 aliphatic heterocycles. The summed E-state index contributed by atoms with van der Waals surface area (Å²) in [5.74, 6) is 3.98. The Labute approximate surface area is 620 Å². The van der Waals surface area contributed by atoms with Crippen molar-refractivity contribution in [1.82, 2.24) is 24.5 Å². The normalized spacial score (nSPS) is 20.6. The fraction of sp³-hybridized carbons (Fsp3) is 0.561. The molecule has 0 unspecified atom stereocenters. The Hall–Kier alpha value is -8.60. The monoisotopic (exact) mass is 1430 g/mol. The molecule has 568 valence electrons. The molecule has 3 amide bonds. The topological polar surface area (TPSA) is 182 Å². The summed E-state index contributed by atoms with van der Waals surface area (Å²) in [5.41, 5.74) is 7.81. The fourth-order valence-electron chi connectivity index (χ4n) is 14.6. The van der Waals surface area contributed by atoms with Crippen molar-refractivity contribution in [2.75, 3.05) is 150 Å². The number of anilines is 4. The fourth-order valence-corrected chi connectivity index (χ4v) is 14.6. The molecule has 3 atom stereocenters. The second-order valence-electron chi connectivity index (χ2n) is 28.3. The molecule has 0 aromatic heterocycles. The Kier molecular flexibility index (Phi) is 30.8. The maximum Gasteiger partial charge on any atom is 0.276 e. The number of piperidine rings is 2. The number of carbonyl (C=O) groups is 3. The zero-order valence-electron chi connectivity index (χ0n) is 59.6. The molecule has 0 aliphatic carbocycles. The van der Waals surface area contributed by atoms with Gasteiger partial charge >= 0.3 is 0 Å². The number of carbonyl (C=O) groups excluding carboxylic acids is 3. The van der Waals surface area contributed by atoms with Crippen molar-refractivity contribution in [1.29, 1.82) is 0 Å². The molecule has 14 rings (SSSR count). The van der Waals surface area contributed by atoms with Gasteiger partial charge in [-0.3, -0.25) is 29.1 Å². The minimum Gasteiger partial charge on any atom is -0.490 e. The third-order valence-electron chi connectivity index (χ3n) is 19.7. The van der Waals surface area contributed by atoms with Gasteiger partial charge in [-0.2, -0.15) is 0 Å². The van der Waals surface area contributed by atoms with Gasteiger partial charge in [0.2, 0.25) is 5.91 Å². The van der Waals surface area contributed by atoms with E-state index >= 15 is 0 Å². The molecule has 5 fully saturated rings. The van der Waals surface area contributed by atoms with Crippen LogP contribution in [-0.4, -0.2) is 233 Å². The first-order chi connectivity index (χ1) is 48.7. The Balaban J connectivity index is 0.000000195. The van der Waals surface area contributed by atoms with Gasteiger partial charge in [-0.05, 0) is 121 Å². The van der Waals surface area contributed by atoms with Crippen molar-refractivity contribution in [2.24, 2.45) is 15.5 Å². The van der Waals surface area contributed by atoms with Crippen molar-refractivity contribution >= 4 is 57.6 Å². The van der Waals surface area contributed by atoms with Gasteiger partial charge in [0.05, 0.1) is 47.6 Å². The van der Waals surface area contributed by atoms with E-state index in [0.717, 1.165) is 189 Å². The lowest BCUT2D eigenvalue weighted by atomic mass is 10.1. The average molecular weight is 1430 g/mol. The second kappa shape index (κ2) is 39.5. The van der Waals surface area contributed by atoms with Crippen molar-refractivity contribution in [2.45, 2.75) is 172 Å². The van der Waals surface area contributed by atoms with E-state index in [-0.39, 0.29) is 90.2 Å². The van der Waals surface area contributed by atoms with Crippen LogP contribution < -0.4 is 38.5 Å². The zero-order chi connectivity index (χ0) is 69.3. The van der Waals surface area contributed by atoms with Crippen molar-refractivity contribution in [3.8, 4) is 23.0 Å². The standard InChI is InChI=1S/C29H38N4O4.C26H32N4O3.C23H34N4O3.4CH4/c1-22(2)35-28-11-7-6-10-27(28)32-18-16-31(17-19-32)21-25-20-26(30-37-25)29(34)33-14-12-24(13-15-33)36-23-8-4-3-5-9-23;1-19(2)32-25-10-6-5-9-24(25)29-15-13-28(14-16-29)18-21-17-22(27-33-21)26(31)30-12-11-20-7-3-4-8-23(20)30;1-18(2)29-22-8-4-3-7-21(22)26-13-11-25(12-14-26)17-20-15-19(24-30-20)16-27-10-6-5-9-23(27)28;;;;/h3-11,22,24-25H,12-21H2,1-2H3;3-10,19,21H,11-18H2,1-2H3;3-4,7-8,18,20H,5-6,9-17H2,1-2H3;4*1H4/t25-;21-;20-;;;;/m011..../s1. The molecular weight excluding hydrogens is 1310 g/mol. The lowest BCUT2D eigenvalue weighted by Gasteiger charge is -2.37. The van der Waals surface area contributed by atoms with Crippen LogP contribution in [0.5, 0.6) is 23.0 Å². The minimum absolute atomic E-state index is 0. The number of hydrogen-bond donors (Lipinski definition) is 0. The Morgan fingerprint density at radius 1 is 0.442 bits per heavy atom. The molecule has 0 radical (unpaired) electrons. The van der Waals surface area contributed by atoms with Crippen LogP contribution in [0.15, 0.2) is 143 Å².